The Bertz CT molecular complexity index is 576. The van der Waals surface area contributed by atoms with Gasteiger partial charge in [0, 0.05) is 12.4 Å². The highest BCUT2D eigenvalue weighted by Crippen LogP contribution is 2.22. The lowest BCUT2D eigenvalue weighted by Crippen LogP contribution is -2.26. The number of hydrogen-bond acceptors (Lipinski definition) is 3. The van der Waals surface area contributed by atoms with Crippen LogP contribution in [0.2, 0.25) is 0 Å². The molecule has 0 saturated carbocycles. The molecule has 0 aliphatic heterocycles. The Hall–Kier alpha value is -2.23. The van der Waals surface area contributed by atoms with E-state index in [9.17, 15) is 9.90 Å². The van der Waals surface area contributed by atoms with Crippen molar-refractivity contribution >= 4 is 6.09 Å². The van der Waals surface area contributed by atoms with Gasteiger partial charge in [-0.1, -0.05) is 12.1 Å². The van der Waals surface area contributed by atoms with Gasteiger partial charge in [-0.05, 0) is 50.1 Å². The molecular formula is C15H17NO3. The number of benzene rings is 1. The lowest BCUT2D eigenvalue weighted by atomic mass is 10.1. The number of hydrogen-bond donors (Lipinski definition) is 1. The lowest BCUT2D eigenvalue weighted by Gasteiger charge is -2.19. The van der Waals surface area contributed by atoms with E-state index in [2.05, 4.69) is 0 Å². The van der Waals surface area contributed by atoms with Gasteiger partial charge in [0.2, 0.25) is 0 Å². The molecule has 2 rings (SSSR count). The van der Waals surface area contributed by atoms with Crippen molar-refractivity contribution in [1.82, 2.24) is 4.57 Å². The third-order valence-electron chi connectivity index (χ3n) is 2.50. The summed E-state index contributed by atoms with van der Waals surface area (Å²) in [6, 6.07) is 8.64. The van der Waals surface area contributed by atoms with Crippen LogP contribution in [-0.4, -0.2) is 21.4 Å². The van der Waals surface area contributed by atoms with Gasteiger partial charge in [-0.3, -0.25) is 4.57 Å². The maximum atomic E-state index is 11.9. The number of carbonyl (C=O) groups is 1. The summed E-state index contributed by atoms with van der Waals surface area (Å²) in [4.78, 5) is 11.9. The minimum atomic E-state index is -0.514. The van der Waals surface area contributed by atoms with E-state index < -0.39 is 11.7 Å². The summed E-state index contributed by atoms with van der Waals surface area (Å²) in [6.07, 6.45) is 2.97. The van der Waals surface area contributed by atoms with Crippen molar-refractivity contribution in [3.05, 3.63) is 42.7 Å². The predicted molar refractivity (Wildman–Crippen MR) is 73.2 cm³/mol. The Morgan fingerprint density at radius 2 is 1.74 bits per heavy atom. The SMILES string of the molecule is CC(C)(C)OC(=O)n1ccc(-c2ccc(O)cc2)c1. The zero-order valence-electron chi connectivity index (χ0n) is 11.3. The van der Waals surface area contributed by atoms with Crippen LogP contribution in [0, 0.1) is 0 Å². The maximum Gasteiger partial charge on any atom is 0.418 e. The molecule has 0 unspecified atom stereocenters. The summed E-state index contributed by atoms with van der Waals surface area (Å²) >= 11 is 0. The average molecular weight is 259 g/mol. The first kappa shape index (κ1) is 13.2. The molecule has 0 atom stereocenters. The Morgan fingerprint density at radius 3 is 2.32 bits per heavy atom. The average Bonchev–Trinajstić information content (AvgIpc) is 2.77. The summed E-state index contributed by atoms with van der Waals surface area (Å²) in [6.45, 7) is 5.49. The van der Waals surface area contributed by atoms with Crippen LogP contribution in [0.3, 0.4) is 0 Å². The van der Waals surface area contributed by atoms with Gasteiger partial charge in [0.15, 0.2) is 0 Å². The monoisotopic (exact) mass is 259 g/mol. The van der Waals surface area contributed by atoms with E-state index in [0.717, 1.165) is 11.1 Å². The molecular weight excluding hydrogens is 242 g/mol. The van der Waals surface area contributed by atoms with Gasteiger partial charge in [-0.25, -0.2) is 4.79 Å². The van der Waals surface area contributed by atoms with Gasteiger partial charge >= 0.3 is 6.09 Å². The zero-order valence-corrected chi connectivity index (χ0v) is 11.3. The largest absolute Gasteiger partial charge is 0.508 e. The van der Waals surface area contributed by atoms with Crippen LogP contribution in [0.4, 0.5) is 4.79 Å². The highest BCUT2D eigenvalue weighted by Gasteiger charge is 2.17. The first-order chi connectivity index (χ1) is 8.85. The Kier molecular flexibility index (Phi) is 3.34. The summed E-state index contributed by atoms with van der Waals surface area (Å²) in [5.74, 6) is 0.218. The van der Waals surface area contributed by atoms with Crippen molar-refractivity contribution in [2.75, 3.05) is 0 Å². The van der Waals surface area contributed by atoms with Crippen molar-refractivity contribution in [1.29, 1.82) is 0 Å². The molecule has 0 fully saturated rings. The number of aromatic nitrogens is 1. The van der Waals surface area contributed by atoms with Crippen molar-refractivity contribution in [2.45, 2.75) is 26.4 Å². The quantitative estimate of drug-likeness (QED) is 0.850. The van der Waals surface area contributed by atoms with E-state index in [1.54, 1.807) is 36.7 Å². The molecule has 1 N–H and O–H groups in total. The molecule has 0 radical (unpaired) electrons. The van der Waals surface area contributed by atoms with E-state index in [-0.39, 0.29) is 5.75 Å². The number of carbonyl (C=O) groups excluding carboxylic acids is 1. The molecule has 19 heavy (non-hydrogen) atoms. The second-order valence-corrected chi connectivity index (χ2v) is 5.33. The van der Waals surface area contributed by atoms with Gasteiger partial charge in [-0.2, -0.15) is 0 Å². The summed E-state index contributed by atoms with van der Waals surface area (Å²) in [7, 11) is 0. The maximum absolute atomic E-state index is 11.9. The molecule has 0 spiro atoms. The van der Waals surface area contributed by atoms with Crippen molar-refractivity contribution in [3.63, 3.8) is 0 Å². The molecule has 1 aromatic heterocycles. The molecule has 0 saturated heterocycles. The normalized spacial score (nSPS) is 11.3. The third kappa shape index (κ3) is 3.37. The molecule has 1 heterocycles. The molecule has 100 valence electrons. The van der Waals surface area contributed by atoms with Gasteiger partial charge in [-0.15, -0.1) is 0 Å². The van der Waals surface area contributed by atoms with Crippen LogP contribution in [0.1, 0.15) is 20.8 Å². The van der Waals surface area contributed by atoms with Crippen LogP contribution >= 0.6 is 0 Å². The van der Waals surface area contributed by atoms with E-state index in [4.69, 9.17) is 4.74 Å². The standard InChI is InChI=1S/C15H17NO3/c1-15(2,3)19-14(18)16-9-8-12(10-16)11-4-6-13(17)7-5-11/h4-10,17H,1-3H3. The molecule has 4 nitrogen and oxygen atoms in total. The fraction of sp³-hybridized carbons (Fsp3) is 0.267. The zero-order chi connectivity index (χ0) is 14.0. The lowest BCUT2D eigenvalue weighted by molar-refractivity contribution is 0.0537. The van der Waals surface area contributed by atoms with Crippen LogP contribution < -0.4 is 0 Å². The van der Waals surface area contributed by atoms with Crippen molar-refractivity contribution in [2.24, 2.45) is 0 Å². The van der Waals surface area contributed by atoms with Crippen LogP contribution in [-0.2, 0) is 4.74 Å². The molecule has 4 heteroatoms. The minimum Gasteiger partial charge on any atom is -0.508 e. The third-order valence-corrected chi connectivity index (χ3v) is 2.50. The van der Waals surface area contributed by atoms with Gasteiger partial charge in [0.1, 0.15) is 11.4 Å². The first-order valence-corrected chi connectivity index (χ1v) is 6.06. The topological polar surface area (TPSA) is 51.5 Å². The molecule has 0 aliphatic rings. The number of ether oxygens (including phenoxy) is 1. The molecule has 0 aliphatic carbocycles. The Morgan fingerprint density at radius 1 is 1.11 bits per heavy atom. The molecule has 0 bridgehead atoms. The van der Waals surface area contributed by atoms with E-state index >= 15 is 0 Å². The summed E-state index contributed by atoms with van der Waals surface area (Å²) in [5.41, 5.74) is 1.31. The summed E-state index contributed by atoms with van der Waals surface area (Å²) in [5, 5.41) is 9.25. The number of phenolic OH excluding ortho intramolecular Hbond substituents is 1. The van der Waals surface area contributed by atoms with Crippen molar-refractivity contribution < 1.29 is 14.6 Å². The van der Waals surface area contributed by atoms with Crippen molar-refractivity contribution in [3.8, 4) is 16.9 Å². The van der Waals surface area contributed by atoms with E-state index in [0.29, 0.717) is 0 Å². The molecule has 1 aromatic carbocycles. The van der Waals surface area contributed by atoms with Gasteiger partial charge in [0.25, 0.3) is 0 Å². The molecule has 0 amide bonds. The predicted octanol–water partition coefficient (Wildman–Crippen LogP) is 3.64. The van der Waals surface area contributed by atoms with E-state index in [1.807, 2.05) is 26.8 Å². The van der Waals surface area contributed by atoms with Gasteiger partial charge < -0.3 is 9.84 Å². The Labute approximate surface area is 112 Å². The fourth-order valence-corrected chi connectivity index (χ4v) is 1.65. The second kappa shape index (κ2) is 4.80. The second-order valence-electron chi connectivity index (χ2n) is 5.33. The minimum absolute atomic E-state index is 0.218. The highest BCUT2D eigenvalue weighted by atomic mass is 16.6. The number of nitrogens with zero attached hydrogens (tertiary/aromatic N) is 1. The van der Waals surface area contributed by atoms with Crippen LogP contribution in [0.25, 0.3) is 11.1 Å². The molecule has 2 aromatic rings. The van der Waals surface area contributed by atoms with Crippen LogP contribution in [0.15, 0.2) is 42.7 Å². The smallest absolute Gasteiger partial charge is 0.418 e. The number of phenols is 1. The first-order valence-electron chi connectivity index (χ1n) is 6.06. The number of rotatable bonds is 1. The fourth-order valence-electron chi connectivity index (χ4n) is 1.65. The Balaban J connectivity index is 2.19. The summed E-state index contributed by atoms with van der Waals surface area (Å²) < 4.78 is 6.69. The number of aromatic hydroxyl groups is 1. The highest BCUT2D eigenvalue weighted by molar-refractivity contribution is 5.74. The van der Waals surface area contributed by atoms with Crippen LogP contribution in [0.5, 0.6) is 5.75 Å². The van der Waals surface area contributed by atoms with Gasteiger partial charge in [0.05, 0.1) is 0 Å². The van der Waals surface area contributed by atoms with E-state index in [1.165, 1.54) is 4.57 Å².